The summed E-state index contributed by atoms with van der Waals surface area (Å²) in [6.07, 6.45) is 3.20. The second kappa shape index (κ2) is 9.15. The molecule has 1 saturated heterocycles. The van der Waals surface area contributed by atoms with Crippen molar-refractivity contribution in [3.05, 3.63) is 29.8 Å². The van der Waals surface area contributed by atoms with Crippen LogP contribution in [0.5, 0.6) is 5.75 Å². The molecule has 2 rings (SSSR count). The fraction of sp³-hybridized carbons (Fsp3) is 0.556. The van der Waals surface area contributed by atoms with Crippen LogP contribution in [0.1, 0.15) is 44.2 Å². The van der Waals surface area contributed by atoms with Crippen molar-refractivity contribution in [2.24, 2.45) is 0 Å². The lowest BCUT2D eigenvalue weighted by molar-refractivity contribution is -0.142. The molecule has 1 aliphatic heterocycles. The molecule has 0 aromatic heterocycles. The molecule has 0 saturated carbocycles. The Morgan fingerprint density at radius 3 is 2.92 bits per heavy atom. The number of esters is 1. The number of nitrogens with one attached hydrogen (secondary N) is 1. The Hall–Kier alpha value is -2.24. The normalized spacial score (nSPS) is 17.2. The SMILES string of the molecule is CCOC(=O)CCNC(=O)N1CCCCC1c1cccc(OC)c1. The molecule has 0 aliphatic carbocycles. The highest BCUT2D eigenvalue weighted by Crippen LogP contribution is 2.32. The number of methoxy groups -OCH3 is 1. The number of nitrogens with zero attached hydrogens (tertiary/aromatic N) is 1. The highest BCUT2D eigenvalue weighted by molar-refractivity contribution is 5.76. The van der Waals surface area contributed by atoms with E-state index in [1.54, 1.807) is 14.0 Å². The first-order valence-electron chi connectivity index (χ1n) is 8.49. The summed E-state index contributed by atoms with van der Waals surface area (Å²) in [5.41, 5.74) is 1.08. The predicted octanol–water partition coefficient (Wildman–Crippen LogP) is 2.89. The molecule has 1 aromatic carbocycles. The van der Waals surface area contributed by atoms with Gasteiger partial charge in [0.15, 0.2) is 0 Å². The summed E-state index contributed by atoms with van der Waals surface area (Å²) in [7, 11) is 1.64. The third-order valence-electron chi connectivity index (χ3n) is 4.15. The van der Waals surface area contributed by atoms with E-state index in [1.165, 1.54) is 0 Å². The van der Waals surface area contributed by atoms with Gasteiger partial charge in [0.25, 0.3) is 0 Å². The van der Waals surface area contributed by atoms with E-state index in [2.05, 4.69) is 5.32 Å². The van der Waals surface area contributed by atoms with E-state index in [0.717, 1.165) is 30.6 Å². The van der Waals surface area contributed by atoms with Gasteiger partial charge in [0.1, 0.15) is 5.75 Å². The van der Waals surface area contributed by atoms with E-state index in [4.69, 9.17) is 9.47 Å². The number of rotatable bonds is 6. The molecule has 6 heteroatoms. The number of hydrogen-bond donors (Lipinski definition) is 1. The fourth-order valence-electron chi connectivity index (χ4n) is 2.98. The minimum absolute atomic E-state index is 0.0384. The molecule has 1 aromatic rings. The summed E-state index contributed by atoms with van der Waals surface area (Å²) in [4.78, 5) is 25.7. The maximum Gasteiger partial charge on any atom is 0.317 e. The largest absolute Gasteiger partial charge is 0.497 e. The molecule has 0 spiro atoms. The number of carbonyl (C=O) groups is 2. The maximum atomic E-state index is 12.5. The van der Waals surface area contributed by atoms with Crippen molar-refractivity contribution in [3.63, 3.8) is 0 Å². The molecule has 1 unspecified atom stereocenters. The van der Waals surface area contributed by atoms with Gasteiger partial charge in [-0.1, -0.05) is 12.1 Å². The first-order valence-corrected chi connectivity index (χ1v) is 8.49. The molecule has 1 heterocycles. The summed E-state index contributed by atoms with van der Waals surface area (Å²) in [6.45, 7) is 3.13. The van der Waals surface area contributed by atoms with Crippen LogP contribution in [0, 0.1) is 0 Å². The van der Waals surface area contributed by atoms with Crippen molar-refractivity contribution in [2.45, 2.75) is 38.6 Å². The van der Waals surface area contributed by atoms with Gasteiger partial charge in [-0.3, -0.25) is 4.79 Å². The fourth-order valence-corrected chi connectivity index (χ4v) is 2.98. The molecular weight excluding hydrogens is 308 g/mol. The van der Waals surface area contributed by atoms with E-state index in [0.29, 0.717) is 19.7 Å². The van der Waals surface area contributed by atoms with Crippen LogP contribution in [0.3, 0.4) is 0 Å². The second-order valence-electron chi connectivity index (χ2n) is 5.77. The average molecular weight is 334 g/mol. The number of amides is 2. The number of piperidine rings is 1. The van der Waals surface area contributed by atoms with E-state index in [1.807, 2.05) is 29.2 Å². The summed E-state index contributed by atoms with van der Waals surface area (Å²) in [5.74, 6) is 0.501. The summed E-state index contributed by atoms with van der Waals surface area (Å²) < 4.78 is 10.2. The maximum absolute atomic E-state index is 12.5. The zero-order valence-electron chi connectivity index (χ0n) is 14.4. The molecule has 1 aliphatic rings. The van der Waals surface area contributed by atoms with Crippen LogP contribution in [0.2, 0.25) is 0 Å². The van der Waals surface area contributed by atoms with Crippen LogP contribution >= 0.6 is 0 Å². The van der Waals surface area contributed by atoms with Gasteiger partial charge in [-0.05, 0) is 43.9 Å². The first-order chi connectivity index (χ1) is 11.7. The van der Waals surface area contributed by atoms with Gasteiger partial charge in [0, 0.05) is 13.1 Å². The van der Waals surface area contributed by atoms with Crippen molar-refractivity contribution in [2.75, 3.05) is 26.8 Å². The quantitative estimate of drug-likeness (QED) is 0.812. The number of urea groups is 1. The van der Waals surface area contributed by atoms with E-state index < -0.39 is 0 Å². The zero-order valence-corrected chi connectivity index (χ0v) is 14.4. The number of likely N-dealkylation sites (tertiary alicyclic amines) is 1. The summed E-state index contributed by atoms with van der Waals surface area (Å²) in [6, 6.07) is 7.75. The molecular formula is C18H26N2O4. The van der Waals surface area contributed by atoms with Gasteiger partial charge in [-0.25, -0.2) is 4.79 Å². The third kappa shape index (κ3) is 4.88. The third-order valence-corrected chi connectivity index (χ3v) is 4.15. The van der Waals surface area contributed by atoms with Crippen LogP contribution in [0.25, 0.3) is 0 Å². The van der Waals surface area contributed by atoms with E-state index in [-0.39, 0.29) is 24.5 Å². The Morgan fingerprint density at radius 2 is 2.17 bits per heavy atom. The monoisotopic (exact) mass is 334 g/mol. The van der Waals surface area contributed by atoms with E-state index >= 15 is 0 Å². The van der Waals surface area contributed by atoms with Crippen LogP contribution in [-0.2, 0) is 9.53 Å². The summed E-state index contributed by atoms with van der Waals surface area (Å²) >= 11 is 0. The second-order valence-corrected chi connectivity index (χ2v) is 5.77. The lowest BCUT2D eigenvalue weighted by Crippen LogP contribution is -2.45. The Labute approximate surface area is 143 Å². The van der Waals surface area contributed by atoms with Crippen molar-refractivity contribution >= 4 is 12.0 Å². The van der Waals surface area contributed by atoms with Crippen LogP contribution in [0.4, 0.5) is 4.79 Å². The molecule has 2 amide bonds. The Bertz CT molecular complexity index is 562. The predicted molar refractivity (Wildman–Crippen MR) is 90.9 cm³/mol. The highest BCUT2D eigenvalue weighted by atomic mass is 16.5. The molecule has 24 heavy (non-hydrogen) atoms. The van der Waals surface area contributed by atoms with Gasteiger partial charge in [0.2, 0.25) is 0 Å². The minimum atomic E-state index is -0.291. The number of hydrogen-bond acceptors (Lipinski definition) is 4. The topological polar surface area (TPSA) is 67.9 Å². The van der Waals surface area contributed by atoms with Crippen molar-refractivity contribution in [3.8, 4) is 5.75 Å². The number of carbonyl (C=O) groups excluding carboxylic acids is 2. The Kier molecular flexibility index (Phi) is 6.90. The first kappa shape index (κ1) is 18.1. The van der Waals surface area contributed by atoms with Crippen LogP contribution < -0.4 is 10.1 Å². The average Bonchev–Trinajstić information content (AvgIpc) is 2.62. The smallest absolute Gasteiger partial charge is 0.317 e. The molecule has 1 atom stereocenters. The van der Waals surface area contributed by atoms with Gasteiger partial charge < -0.3 is 19.7 Å². The van der Waals surface area contributed by atoms with Gasteiger partial charge in [-0.15, -0.1) is 0 Å². The lowest BCUT2D eigenvalue weighted by atomic mass is 9.95. The number of ether oxygens (including phenoxy) is 2. The Morgan fingerprint density at radius 1 is 1.33 bits per heavy atom. The molecule has 1 N–H and O–H groups in total. The highest BCUT2D eigenvalue weighted by Gasteiger charge is 2.28. The molecule has 0 bridgehead atoms. The van der Waals surface area contributed by atoms with Crippen LogP contribution in [0.15, 0.2) is 24.3 Å². The van der Waals surface area contributed by atoms with Gasteiger partial charge >= 0.3 is 12.0 Å². The van der Waals surface area contributed by atoms with Crippen molar-refractivity contribution in [1.82, 2.24) is 10.2 Å². The van der Waals surface area contributed by atoms with Crippen LogP contribution in [-0.4, -0.2) is 43.7 Å². The standard InChI is InChI=1S/C18H26N2O4/c1-3-24-17(21)10-11-19-18(22)20-12-5-4-9-16(20)14-7-6-8-15(13-14)23-2/h6-8,13,16H,3-5,9-12H2,1-2H3,(H,19,22). The molecule has 1 fully saturated rings. The zero-order chi connectivity index (χ0) is 17.4. The molecule has 6 nitrogen and oxygen atoms in total. The van der Waals surface area contributed by atoms with Gasteiger partial charge in [0.05, 0.1) is 26.2 Å². The molecule has 132 valence electrons. The minimum Gasteiger partial charge on any atom is -0.497 e. The Balaban J connectivity index is 1.97. The van der Waals surface area contributed by atoms with Crippen molar-refractivity contribution < 1.29 is 19.1 Å². The summed E-state index contributed by atoms with van der Waals surface area (Å²) in [5, 5.41) is 2.82. The van der Waals surface area contributed by atoms with Crippen molar-refractivity contribution in [1.29, 1.82) is 0 Å². The number of benzene rings is 1. The lowest BCUT2D eigenvalue weighted by Gasteiger charge is -2.36. The van der Waals surface area contributed by atoms with E-state index in [9.17, 15) is 9.59 Å². The molecule has 0 radical (unpaired) electrons. The van der Waals surface area contributed by atoms with Gasteiger partial charge in [-0.2, -0.15) is 0 Å².